The monoisotopic (exact) mass is 207 g/mol. The van der Waals surface area contributed by atoms with Crippen molar-refractivity contribution in [1.82, 2.24) is 4.31 Å². The fourth-order valence-corrected chi connectivity index (χ4v) is 4.93. The Balaban J connectivity index is 2.10. The maximum atomic E-state index is 12.0. The number of hydrogen-bond acceptors (Lipinski definition) is 2. The van der Waals surface area contributed by atoms with Gasteiger partial charge in [-0.25, -0.2) is 8.42 Å². The Kier molecular flexibility index (Phi) is 1.01. The standard InChI is InChI=1S/C10H9NO2S/c12-14(13)8-4-2-1-3-6(8)9-7-5-11(14)10(7)9/h1-4,7,9-10H,5H2/t7-,9+,10-/m0/s1. The van der Waals surface area contributed by atoms with Crippen LogP contribution in [-0.4, -0.2) is 25.3 Å². The summed E-state index contributed by atoms with van der Waals surface area (Å²) in [4.78, 5) is 0.543. The van der Waals surface area contributed by atoms with Crippen molar-refractivity contribution in [2.24, 2.45) is 5.92 Å². The van der Waals surface area contributed by atoms with Crippen molar-refractivity contribution in [1.29, 1.82) is 0 Å². The third kappa shape index (κ3) is 0.586. The molecule has 4 heteroatoms. The van der Waals surface area contributed by atoms with E-state index in [1.165, 1.54) is 0 Å². The molecule has 4 rings (SSSR count). The predicted octanol–water partition coefficient (Wildman–Crippen LogP) is 0.787. The molecule has 3 nitrogen and oxygen atoms in total. The van der Waals surface area contributed by atoms with Gasteiger partial charge in [-0.3, -0.25) is 0 Å². The molecule has 0 aromatic heterocycles. The average Bonchev–Trinajstić information content (AvgIpc) is 2.71. The van der Waals surface area contributed by atoms with E-state index in [2.05, 4.69) is 0 Å². The van der Waals surface area contributed by atoms with Crippen LogP contribution in [0.4, 0.5) is 0 Å². The largest absolute Gasteiger partial charge is 0.243 e. The van der Waals surface area contributed by atoms with Crippen molar-refractivity contribution in [3.63, 3.8) is 0 Å². The quantitative estimate of drug-likeness (QED) is 0.630. The number of fused-ring (bicyclic) bond motifs is 3. The van der Waals surface area contributed by atoms with Crippen molar-refractivity contribution >= 4 is 10.0 Å². The van der Waals surface area contributed by atoms with Gasteiger partial charge in [0.15, 0.2) is 0 Å². The lowest BCUT2D eigenvalue weighted by atomic mass is 10.1. The highest BCUT2D eigenvalue weighted by molar-refractivity contribution is 7.89. The maximum Gasteiger partial charge on any atom is 0.243 e. The first-order chi connectivity index (χ1) is 6.71. The summed E-state index contributed by atoms with van der Waals surface area (Å²) in [5.74, 6) is 1.13. The summed E-state index contributed by atoms with van der Waals surface area (Å²) in [6.07, 6.45) is 0. The highest BCUT2D eigenvalue weighted by Crippen LogP contribution is 2.64. The molecule has 0 amide bonds. The van der Waals surface area contributed by atoms with Gasteiger partial charge in [0.1, 0.15) is 0 Å². The van der Waals surface area contributed by atoms with Crippen LogP contribution in [0.3, 0.4) is 0 Å². The summed E-state index contributed by atoms with van der Waals surface area (Å²) in [5, 5.41) is 0. The Morgan fingerprint density at radius 2 is 2.07 bits per heavy atom. The normalized spacial score (nSPS) is 40.7. The van der Waals surface area contributed by atoms with Gasteiger partial charge in [-0.15, -0.1) is 0 Å². The van der Waals surface area contributed by atoms with Gasteiger partial charge >= 0.3 is 0 Å². The third-order valence-corrected chi connectivity index (χ3v) is 5.65. The van der Waals surface area contributed by atoms with Crippen LogP contribution in [0.5, 0.6) is 0 Å². The molecule has 0 spiro atoms. The minimum Gasteiger partial charge on any atom is -0.207 e. The highest BCUT2D eigenvalue weighted by Gasteiger charge is 2.69. The second-order valence-corrected chi connectivity index (χ2v) is 6.15. The van der Waals surface area contributed by atoms with Crippen LogP contribution in [-0.2, 0) is 10.0 Å². The fraction of sp³-hybridized carbons (Fsp3) is 0.400. The van der Waals surface area contributed by atoms with Gasteiger partial charge in [-0.2, -0.15) is 4.31 Å². The molecule has 1 aromatic carbocycles. The Bertz CT molecular complexity index is 537. The molecule has 72 valence electrons. The van der Waals surface area contributed by atoms with Crippen molar-refractivity contribution in [3.05, 3.63) is 29.8 Å². The van der Waals surface area contributed by atoms with Crippen molar-refractivity contribution in [2.45, 2.75) is 16.9 Å². The van der Waals surface area contributed by atoms with Gasteiger partial charge in [0.25, 0.3) is 0 Å². The Morgan fingerprint density at radius 1 is 1.29 bits per heavy atom. The van der Waals surface area contributed by atoms with E-state index in [0.29, 0.717) is 22.8 Å². The van der Waals surface area contributed by atoms with Gasteiger partial charge in [0.2, 0.25) is 10.0 Å². The summed E-state index contributed by atoms with van der Waals surface area (Å²) in [5.41, 5.74) is 1.05. The van der Waals surface area contributed by atoms with Crippen molar-refractivity contribution < 1.29 is 8.42 Å². The van der Waals surface area contributed by atoms with Gasteiger partial charge in [0.05, 0.1) is 4.90 Å². The van der Waals surface area contributed by atoms with Crippen LogP contribution >= 0.6 is 0 Å². The lowest BCUT2D eigenvalue weighted by molar-refractivity contribution is 0.293. The van der Waals surface area contributed by atoms with Gasteiger partial charge in [-0.1, -0.05) is 18.2 Å². The zero-order chi connectivity index (χ0) is 9.50. The number of rotatable bonds is 0. The molecule has 2 fully saturated rings. The Hall–Kier alpha value is -0.870. The second kappa shape index (κ2) is 1.90. The van der Waals surface area contributed by atoms with Crippen LogP contribution in [0, 0.1) is 5.92 Å². The van der Waals surface area contributed by atoms with E-state index in [1.54, 1.807) is 16.4 Å². The molecular weight excluding hydrogens is 198 g/mol. The van der Waals surface area contributed by atoms with Crippen LogP contribution < -0.4 is 0 Å². The van der Waals surface area contributed by atoms with E-state index in [0.717, 1.165) is 12.1 Å². The van der Waals surface area contributed by atoms with E-state index >= 15 is 0 Å². The highest BCUT2D eigenvalue weighted by atomic mass is 32.2. The summed E-state index contributed by atoms with van der Waals surface area (Å²) in [7, 11) is -3.13. The lowest BCUT2D eigenvalue weighted by Gasteiger charge is -2.30. The van der Waals surface area contributed by atoms with Gasteiger partial charge in [-0.05, 0) is 17.5 Å². The molecule has 14 heavy (non-hydrogen) atoms. The van der Waals surface area contributed by atoms with Crippen LogP contribution in [0.25, 0.3) is 0 Å². The van der Waals surface area contributed by atoms with Crippen molar-refractivity contribution in [2.75, 3.05) is 6.54 Å². The zero-order valence-corrected chi connectivity index (χ0v) is 8.24. The summed E-state index contributed by atoms with van der Waals surface area (Å²) < 4.78 is 25.7. The molecule has 1 saturated heterocycles. The maximum absolute atomic E-state index is 12.0. The Labute approximate surface area is 82.4 Å². The first kappa shape index (κ1) is 7.43. The van der Waals surface area contributed by atoms with E-state index in [1.807, 2.05) is 12.1 Å². The molecule has 0 bridgehead atoms. The van der Waals surface area contributed by atoms with E-state index < -0.39 is 10.0 Å². The minimum atomic E-state index is -3.13. The predicted molar refractivity (Wildman–Crippen MR) is 50.4 cm³/mol. The van der Waals surface area contributed by atoms with E-state index in [9.17, 15) is 8.42 Å². The van der Waals surface area contributed by atoms with Crippen LogP contribution in [0.2, 0.25) is 0 Å². The zero-order valence-electron chi connectivity index (χ0n) is 7.42. The molecule has 0 radical (unpaired) electrons. The van der Waals surface area contributed by atoms with Crippen molar-refractivity contribution in [3.8, 4) is 0 Å². The minimum absolute atomic E-state index is 0.315. The summed E-state index contributed by atoms with van der Waals surface area (Å²) in [6.45, 7) is 0.742. The topological polar surface area (TPSA) is 37.4 Å². The van der Waals surface area contributed by atoms with E-state index in [-0.39, 0.29) is 0 Å². The SMILES string of the molecule is O=S1(=O)c2ccccc2[C@@H]2[C@@H]3CN1[C@@H]32. The number of sulfonamides is 1. The summed E-state index contributed by atoms with van der Waals surface area (Å²) >= 11 is 0. The average molecular weight is 207 g/mol. The van der Waals surface area contributed by atoms with Crippen LogP contribution in [0.15, 0.2) is 29.2 Å². The Morgan fingerprint density at radius 3 is 2.93 bits per heavy atom. The van der Waals surface area contributed by atoms with Gasteiger partial charge in [0, 0.05) is 18.5 Å². The molecule has 1 saturated carbocycles. The molecule has 3 aliphatic rings. The molecule has 0 unspecified atom stereocenters. The summed E-state index contributed by atoms with van der Waals surface area (Å²) in [6, 6.07) is 7.75. The van der Waals surface area contributed by atoms with Gasteiger partial charge < -0.3 is 0 Å². The smallest absolute Gasteiger partial charge is 0.207 e. The molecule has 2 aliphatic heterocycles. The second-order valence-electron chi connectivity index (χ2n) is 4.29. The molecule has 2 heterocycles. The first-order valence-corrected chi connectivity index (χ1v) is 6.26. The number of nitrogens with zero attached hydrogens (tertiary/aromatic N) is 1. The molecular formula is C10H9NO2S. The number of hydrogen-bond donors (Lipinski definition) is 0. The van der Waals surface area contributed by atoms with Crippen LogP contribution in [0.1, 0.15) is 11.5 Å². The fourth-order valence-electron chi connectivity index (χ4n) is 2.95. The number of benzene rings is 1. The van der Waals surface area contributed by atoms with E-state index in [4.69, 9.17) is 0 Å². The molecule has 3 atom stereocenters. The molecule has 0 N–H and O–H groups in total. The first-order valence-electron chi connectivity index (χ1n) is 4.82. The lowest BCUT2D eigenvalue weighted by Crippen LogP contribution is -2.44. The molecule has 1 aromatic rings. The third-order valence-electron chi connectivity index (χ3n) is 3.72. The molecule has 1 aliphatic carbocycles.